The van der Waals surface area contributed by atoms with E-state index in [0.717, 1.165) is 11.3 Å². The minimum absolute atomic E-state index is 0.0809. The van der Waals surface area contributed by atoms with Crippen LogP contribution in [0.5, 0.6) is 17.2 Å². The maximum atomic E-state index is 13.9. The van der Waals surface area contributed by atoms with E-state index in [2.05, 4.69) is 10.3 Å². The lowest BCUT2D eigenvalue weighted by Gasteiger charge is -2.30. The molecule has 3 atom stereocenters. The summed E-state index contributed by atoms with van der Waals surface area (Å²) < 4.78 is 11.3. The van der Waals surface area contributed by atoms with Gasteiger partial charge in [0.15, 0.2) is 18.1 Å². The molecule has 10 nitrogen and oxygen atoms in total. The number of thiazole rings is 1. The number of benzene rings is 3. The Hall–Kier alpha value is -4.26. The average Bonchev–Trinajstić information content (AvgIpc) is 3.47. The zero-order valence-electron chi connectivity index (χ0n) is 21.8. The number of ether oxygens (including phenoxy) is 2. The number of carbonyl (C=O) groups is 3. The molecule has 3 heterocycles. The van der Waals surface area contributed by atoms with Crippen LogP contribution in [0, 0.1) is 5.92 Å². The van der Waals surface area contributed by atoms with Crippen LogP contribution in [0.3, 0.4) is 0 Å². The molecule has 3 amide bonds. The molecule has 2 aliphatic heterocycles. The second kappa shape index (κ2) is 11.2. The second-order valence-corrected chi connectivity index (χ2v) is 12.1. The molecular weight excluding hydrogens is 602 g/mol. The molecule has 13 heteroatoms. The molecule has 3 N–H and O–H groups in total. The zero-order chi connectivity index (χ0) is 29.5. The number of phenolic OH excluding ortho intramolecular Hbond substituents is 1. The highest BCUT2D eigenvalue weighted by atomic mass is 35.5. The van der Waals surface area contributed by atoms with Crippen molar-refractivity contribution in [1.82, 2.24) is 4.98 Å². The van der Waals surface area contributed by atoms with Gasteiger partial charge in [-0.25, -0.2) is 4.90 Å². The van der Waals surface area contributed by atoms with Crippen molar-refractivity contribution in [2.75, 3.05) is 23.9 Å². The number of nitrogens with one attached hydrogen (secondary N) is 2. The number of thioether (sulfide) groups is 1. The molecule has 3 aromatic carbocycles. The van der Waals surface area contributed by atoms with Crippen LogP contribution in [-0.4, -0.2) is 46.8 Å². The lowest BCUT2D eigenvalue weighted by molar-refractivity contribution is -0.122. The van der Waals surface area contributed by atoms with Crippen LogP contribution >= 0.6 is 34.7 Å². The number of amides is 3. The Balaban J connectivity index is 1.29. The summed E-state index contributed by atoms with van der Waals surface area (Å²) in [7, 11) is 1.45. The van der Waals surface area contributed by atoms with E-state index in [9.17, 15) is 24.3 Å². The fourth-order valence-corrected chi connectivity index (χ4v) is 7.74. The summed E-state index contributed by atoms with van der Waals surface area (Å²) in [6.45, 7) is -0.312. The molecule has 3 unspecified atom stereocenters. The minimum atomic E-state index is -0.773. The van der Waals surface area contributed by atoms with E-state index in [1.807, 2.05) is 0 Å². The zero-order valence-corrected chi connectivity index (χ0v) is 24.2. The van der Waals surface area contributed by atoms with E-state index in [4.69, 9.17) is 21.1 Å². The van der Waals surface area contributed by atoms with Crippen molar-refractivity contribution in [3.8, 4) is 17.2 Å². The van der Waals surface area contributed by atoms with Crippen molar-refractivity contribution in [2.24, 2.45) is 5.92 Å². The molecule has 6 rings (SSSR count). The molecule has 2 aliphatic rings. The van der Waals surface area contributed by atoms with Crippen LogP contribution in [0.25, 0.3) is 0 Å². The molecule has 0 bridgehead atoms. The molecule has 0 saturated carbocycles. The number of fused-ring (bicyclic) bond motifs is 2. The van der Waals surface area contributed by atoms with Gasteiger partial charge in [-0.1, -0.05) is 40.8 Å². The van der Waals surface area contributed by atoms with Crippen molar-refractivity contribution in [1.29, 1.82) is 0 Å². The molecule has 0 aliphatic carbocycles. The number of aromatic nitrogens is 1. The third kappa shape index (κ3) is 5.13. The van der Waals surface area contributed by atoms with Gasteiger partial charge in [0.2, 0.25) is 11.8 Å². The Morgan fingerprint density at radius 3 is 2.48 bits per heavy atom. The number of aromatic hydroxyl groups is 1. The number of imide groups is 1. The summed E-state index contributed by atoms with van der Waals surface area (Å²) in [6.07, 6.45) is 0. The third-order valence-corrected chi connectivity index (χ3v) is 9.62. The monoisotopic (exact) mass is 623 g/mol. The van der Waals surface area contributed by atoms with Crippen molar-refractivity contribution >= 4 is 63.8 Å². The van der Waals surface area contributed by atoms with Gasteiger partial charge in [0.05, 0.1) is 23.7 Å². The fourth-order valence-electron chi connectivity index (χ4n) is 5.10. The highest BCUT2D eigenvalue weighted by molar-refractivity contribution is 8.00. The quantitative estimate of drug-likeness (QED) is 0.200. The molecule has 42 heavy (non-hydrogen) atoms. The Bertz CT molecular complexity index is 1750. The maximum absolute atomic E-state index is 13.9. The summed E-state index contributed by atoms with van der Waals surface area (Å²) >= 11 is 8.22. The van der Waals surface area contributed by atoms with Crippen LogP contribution in [0.1, 0.15) is 16.4 Å². The summed E-state index contributed by atoms with van der Waals surface area (Å²) in [5.74, 6) is -1.85. The van der Waals surface area contributed by atoms with Crippen molar-refractivity contribution in [3.63, 3.8) is 0 Å². The van der Waals surface area contributed by atoms with Crippen LogP contribution in [0.15, 0.2) is 76.6 Å². The molecule has 0 spiro atoms. The Morgan fingerprint density at radius 1 is 1.02 bits per heavy atom. The molecule has 4 aromatic rings. The number of H-pyrrole nitrogens is 1. The predicted octanol–water partition coefficient (Wildman–Crippen LogP) is 4.62. The number of rotatable bonds is 7. The highest BCUT2D eigenvalue weighted by Crippen LogP contribution is 2.53. The largest absolute Gasteiger partial charge is 0.508 e. The van der Waals surface area contributed by atoms with Gasteiger partial charge in [-0.05, 0) is 66.2 Å². The lowest BCUT2D eigenvalue weighted by atomic mass is 9.83. The standard InChI is InChI=1S/C29H22ClN3O7S2/c1-39-20-12-14(2-11-19(20)40-13-21(35)31-16-5-9-18(34)10-6-16)22-23-25(41-26-24(22)42-29(38)32-26)28(37)33(27(23)36)17-7-3-15(30)4-8-17/h2-12,22-23,25,34H,13H2,1H3,(H,31,35)(H,32,38). The van der Waals surface area contributed by atoms with E-state index in [-0.39, 0.29) is 29.0 Å². The van der Waals surface area contributed by atoms with Gasteiger partial charge in [0, 0.05) is 21.5 Å². The van der Waals surface area contributed by atoms with E-state index >= 15 is 0 Å². The van der Waals surface area contributed by atoms with Crippen molar-refractivity contribution < 1.29 is 29.0 Å². The van der Waals surface area contributed by atoms with Gasteiger partial charge in [0.1, 0.15) is 11.0 Å². The molecule has 0 radical (unpaired) electrons. The normalized spacial score (nSPS) is 19.3. The SMILES string of the molecule is COc1cc(C2c3sc(=O)[nH]c3SC3C(=O)N(c4ccc(Cl)cc4)C(=O)C32)ccc1OCC(=O)Nc1ccc(O)cc1. The number of anilines is 2. The topological polar surface area (TPSA) is 138 Å². The first kappa shape index (κ1) is 27.9. The number of methoxy groups -OCH3 is 1. The van der Waals surface area contributed by atoms with E-state index in [0.29, 0.717) is 43.4 Å². The number of phenols is 1. The fraction of sp³-hybridized carbons (Fsp3) is 0.172. The minimum Gasteiger partial charge on any atom is -0.508 e. The van der Waals surface area contributed by atoms with Crippen molar-refractivity contribution in [3.05, 3.63) is 91.9 Å². The van der Waals surface area contributed by atoms with Gasteiger partial charge < -0.3 is 24.9 Å². The predicted molar refractivity (Wildman–Crippen MR) is 159 cm³/mol. The number of carbonyl (C=O) groups excluding carboxylic acids is 3. The van der Waals surface area contributed by atoms with E-state index in [1.54, 1.807) is 54.6 Å². The Kier molecular flexibility index (Phi) is 7.43. The molecule has 1 saturated heterocycles. The number of aromatic amines is 1. The second-order valence-electron chi connectivity index (χ2n) is 9.53. The summed E-state index contributed by atoms with van der Waals surface area (Å²) in [4.78, 5) is 56.6. The lowest BCUT2D eigenvalue weighted by Crippen LogP contribution is -2.32. The van der Waals surface area contributed by atoms with E-state index < -0.39 is 23.0 Å². The Morgan fingerprint density at radius 2 is 1.76 bits per heavy atom. The first-order valence-corrected chi connectivity index (χ1v) is 14.7. The van der Waals surface area contributed by atoms with Gasteiger partial charge in [-0.15, -0.1) is 0 Å². The van der Waals surface area contributed by atoms with Gasteiger partial charge in [-0.3, -0.25) is 19.2 Å². The van der Waals surface area contributed by atoms with Crippen LogP contribution in [0.2, 0.25) is 5.02 Å². The average molecular weight is 624 g/mol. The highest BCUT2D eigenvalue weighted by Gasteiger charge is 2.56. The molecule has 1 aromatic heterocycles. The van der Waals surface area contributed by atoms with Crippen LogP contribution < -0.4 is 24.6 Å². The van der Waals surface area contributed by atoms with Crippen molar-refractivity contribution in [2.45, 2.75) is 16.2 Å². The molecular formula is C29H22ClN3O7S2. The summed E-state index contributed by atoms with van der Waals surface area (Å²) in [5, 5.41) is 12.4. The van der Waals surface area contributed by atoms with Gasteiger partial charge in [-0.2, -0.15) is 0 Å². The van der Waals surface area contributed by atoms with Crippen LogP contribution in [-0.2, 0) is 14.4 Å². The smallest absolute Gasteiger partial charge is 0.305 e. The molecule has 214 valence electrons. The first-order chi connectivity index (χ1) is 20.2. The third-order valence-electron chi connectivity index (χ3n) is 6.97. The molecule has 1 fully saturated rings. The number of halogens is 1. The maximum Gasteiger partial charge on any atom is 0.305 e. The Labute approximate surface area is 252 Å². The first-order valence-electron chi connectivity index (χ1n) is 12.7. The van der Waals surface area contributed by atoms with Gasteiger partial charge >= 0.3 is 4.87 Å². The summed E-state index contributed by atoms with van der Waals surface area (Å²) in [6, 6.07) is 17.6. The summed E-state index contributed by atoms with van der Waals surface area (Å²) in [5.41, 5.74) is 1.57. The van der Waals surface area contributed by atoms with Gasteiger partial charge in [0.25, 0.3) is 5.91 Å². The van der Waals surface area contributed by atoms with E-state index in [1.165, 1.54) is 35.9 Å². The number of nitrogens with zero attached hydrogens (tertiary/aromatic N) is 1. The van der Waals surface area contributed by atoms with Crippen LogP contribution in [0.4, 0.5) is 11.4 Å². The number of hydrogen-bond acceptors (Lipinski definition) is 9. The number of hydrogen-bond donors (Lipinski definition) is 3.